The van der Waals surface area contributed by atoms with Crippen LogP contribution in [0.15, 0.2) is 25.3 Å². The third-order valence-corrected chi connectivity index (χ3v) is 24.4. The van der Waals surface area contributed by atoms with Crippen molar-refractivity contribution in [2.45, 2.75) is 147 Å². The maximum absolute atomic E-state index is 7.17. The highest BCUT2D eigenvalue weighted by Gasteiger charge is 2.52. The van der Waals surface area contributed by atoms with Crippen molar-refractivity contribution < 1.29 is 4.43 Å². The molecule has 1 aliphatic rings. The lowest BCUT2D eigenvalue weighted by Gasteiger charge is -2.52. The monoisotopic (exact) mass is 450 g/mol. The number of rotatable bonds is 18. The molecule has 3 heteroatoms. The normalized spacial score (nSPS) is 19.5. The lowest BCUT2D eigenvalue weighted by atomic mass is 9.87. The largest absolute Gasteiger partial charge is 0.415 e. The van der Waals surface area contributed by atoms with Crippen molar-refractivity contribution in [1.29, 1.82) is 0 Å². The van der Waals surface area contributed by atoms with Gasteiger partial charge < -0.3 is 4.43 Å². The van der Waals surface area contributed by atoms with Gasteiger partial charge >= 0.3 is 0 Å². The van der Waals surface area contributed by atoms with Gasteiger partial charge in [-0.15, -0.1) is 13.2 Å². The van der Waals surface area contributed by atoms with E-state index in [1.807, 2.05) is 0 Å². The molecule has 0 bridgehead atoms. The number of allylic oxidation sites excluding steroid dienone is 2. The molecule has 0 amide bonds. The Hall–Kier alpha value is -0.126. The Morgan fingerprint density at radius 2 is 1.07 bits per heavy atom. The highest BCUT2D eigenvalue weighted by atomic mass is 29.3. The minimum Gasteiger partial charge on any atom is -0.415 e. The van der Waals surface area contributed by atoms with Gasteiger partial charge in [-0.25, -0.2) is 0 Å². The van der Waals surface area contributed by atoms with Crippen LogP contribution in [0.4, 0.5) is 0 Å². The Labute approximate surface area is 192 Å². The standard InChI is InChI=1S/C27H54OSi2/c1-7-9-11-13-15-17-19-21-23-27(24-22-20-18-16-14-12-10-8-2)25-26-29(3,4)30(5,6)28-27/h7-8H,1-2,9-26H2,3-6H3. The fraction of sp³-hybridized carbons (Fsp3) is 0.852. The van der Waals surface area contributed by atoms with E-state index in [-0.39, 0.29) is 5.60 Å². The quantitative estimate of drug-likeness (QED) is 0.115. The number of hydrogen-bond donors (Lipinski definition) is 0. The van der Waals surface area contributed by atoms with Gasteiger partial charge in [-0.1, -0.05) is 95.5 Å². The Kier molecular flexibility index (Phi) is 13.8. The summed E-state index contributed by atoms with van der Waals surface area (Å²) in [6.45, 7) is 17.9. The van der Waals surface area contributed by atoms with Crippen LogP contribution in [-0.4, -0.2) is 21.0 Å². The van der Waals surface area contributed by atoms with Gasteiger partial charge in [0.15, 0.2) is 7.83 Å². The predicted octanol–water partition coefficient (Wildman–Crippen LogP) is 9.75. The number of unbranched alkanes of at least 4 members (excludes halogenated alkanes) is 12. The third-order valence-electron chi connectivity index (χ3n) is 7.89. The first kappa shape index (κ1) is 27.9. The first-order chi connectivity index (χ1) is 14.3. The fourth-order valence-electron chi connectivity index (χ4n) is 4.93. The van der Waals surface area contributed by atoms with Gasteiger partial charge in [-0.3, -0.25) is 0 Å². The summed E-state index contributed by atoms with van der Waals surface area (Å²) in [4.78, 5) is 0. The maximum atomic E-state index is 7.17. The molecule has 0 aromatic carbocycles. The van der Waals surface area contributed by atoms with Crippen LogP contribution in [0.5, 0.6) is 0 Å². The third kappa shape index (κ3) is 10.5. The lowest BCUT2D eigenvalue weighted by molar-refractivity contribution is 0.0298. The first-order valence-electron chi connectivity index (χ1n) is 13.2. The summed E-state index contributed by atoms with van der Waals surface area (Å²) < 4.78 is 7.17. The van der Waals surface area contributed by atoms with Gasteiger partial charge in [0.2, 0.25) is 0 Å². The Morgan fingerprint density at radius 3 is 1.47 bits per heavy atom. The molecule has 1 nitrogen and oxygen atoms in total. The van der Waals surface area contributed by atoms with Crippen molar-refractivity contribution in [3.05, 3.63) is 25.3 Å². The van der Waals surface area contributed by atoms with E-state index in [1.54, 1.807) is 0 Å². The molecule has 176 valence electrons. The second kappa shape index (κ2) is 14.8. The molecule has 0 aliphatic carbocycles. The minimum absolute atomic E-state index is 0.226. The van der Waals surface area contributed by atoms with Crippen LogP contribution in [0.1, 0.15) is 109 Å². The van der Waals surface area contributed by atoms with Crippen LogP contribution >= 0.6 is 0 Å². The summed E-state index contributed by atoms with van der Waals surface area (Å²) in [5, 5.41) is 0. The van der Waals surface area contributed by atoms with Gasteiger partial charge in [-0.2, -0.15) is 0 Å². The molecular formula is C27H54OSi2. The smallest absolute Gasteiger partial charge is 0.174 e. The van der Waals surface area contributed by atoms with E-state index < -0.39 is 15.4 Å². The van der Waals surface area contributed by atoms with Crippen molar-refractivity contribution in [3.63, 3.8) is 0 Å². The molecule has 0 radical (unpaired) electrons. The predicted molar refractivity (Wildman–Crippen MR) is 142 cm³/mol. The molecule has 0 unspecified atom stereocenters. The Morgan fingerprint density at radius 1 is 0.667 bits per heavy atom. The summed E-state index contributed by atoms with van der Waals surface area (Å²) in [5.74, 6) is 0. The van der Waals surface area contributed by atoms with Crippen molar-refractivity contribution in [1.82, 2.24) is 0 Å². The van der Waals surface area contributed by atoms with Crippen LogP contribution < -0.4 is 0 Å². The molecule has 0 spiro atoms. The SMILES string of the molecule is C=CCCCCCCCCC1(CCCCCCCCC=C)CC[Si](C)(C)[Si](C)(C)O1. The van der Waals surface area contributed by atoms with Gasteiger partial charge in [-0.05, 0) is 58.0 Å². The average molecular weight is 451 g/mol. The van der Waals surface area contributed by atoms with E-state index >= 15 is 0 Å². The number of hydrogen-bond acceptors (Lipinski definition) is 1. The molecule has 1 rings (SSSR count). The van der Waals surface area contributed by atoms with E-state index in [0.29, 0.717) is 0 Å². The van der Waals surface area contributed by atoms with Crippen LogP contribution in [0, 0.1) is 0 Å². The van der Waals surface area contributed by atoms with Crippen molar-refractivity contribution in [2.24, 2.45) is 0 Å². The molecule has 0 N–H and O–H groups in total. The van der Waals surface area contributed by atoms with E-state index in [0.717, 1.165) is 0 Å². The average Bonchev–Trinajstić information content (AvgIpc) is 2.69. The molecule has 0 atom stereocenters. The molecule has 30 heavy (non-hydrogen) atoms. The van der Waals surface area contributed by atoms with E-state index in [9.17, 15) is 0 Å². The molecule has 0 saturated carbocycles. The summed E-state index contributed by atoms with van der Waals surface area (Å²) in [7, 11) is -2.67. The molecule has 1 heterocycles. The summed E-state index contributed by atoms with van der Waals surface area (Å²) in [6, 6.07) is 1.50. The second-order valence-electron chi connectivity index (χ2n) is 11.1. The fourth-order valence-corrected chi connectivity index (χ4v) is 11.9. The van der Waals surface area contributed by atoms with Crippen LogP contribution in [0.2, 0.25) is 32.2 Å². The van der Waals surface area contributed by atoms with Gasteiger partial charge in [0.05, 0.1) is 13.2 Å². The molecule has 1 aliphatic heterocycles. The zero-order valence-corrected chi connectivity index (χ0v) is 23.2. The van der Waals surface area contributed by atoms with Crippen LogP contribution in [0.3, 0.4) is 0 Å². The second-order valence-corrected chi connectivity index (χ2v) is 26.2. The first-order valence-corrected chi connectivity index (χ1v) is 20.3. The van der Waals surface area contributed by atoms with Crippen LogP contribution in [-0.2, 0) is 4.43 Å². The van der Waals surface area contributed by atoms with E-state index in [4.69, 9.17) is 4.43 Å². The zero-order chi connectivity index (χ0) is 22.3. The van der Waals surface area contributed by atoms with Gasteiger partial charge in [0, 0.05) is 0 Å². The van der Waals surface area contributed by atoms with Gasteiger partial charge in [0.1, 0.15) is 0 Å². The zero-order valence-electron chi connectivity index (χ0n) is 21.2. The van der Waals surface area contributed by atoms with Crippen molar-refractivity contribution in [2.75, 3.05) is 0 Å². The highest BCUT2D eigenvalue weighted by Crippen LogP contribution is 2.44. The maximum Gasteiger partial charge on any atom is 0.174 e. The molecule has 0 aromatic rings. The molecule has 1 saturated heterocycles. The molecule has 1 fully saturated rings. The molecular weight excluding hydrogens is 396 g/mol. The Balaban J connectivity index is 2.43. The Bertz CT molecular complexity index is 445. The van der Waals surface area contributed by atoms with Crippen molar-refractivity contribution in [3.8, 4) is 0 Å². The highest BCUT2D eigenvalue weighted by molar-refractivity contribution is 7.38. The van der Waals surface area contributed by atoms with Crippen LogP contribution in [0.25, 0.3) is 0 Å². The summed E-state index contributed by atoms with van der Waals surface area (Å²) in [6.07, 6.45) is 27.0. The molecule has 0 aromatic heterocycles. The van der Waals surface area contributed by atoms with E-state index in [2.05, 4.69) is 51.5 Å². The van der Waals surface area contributed by atoms with Crippen molar-refractivity contribution >= 4 is 15.4 Å². The topological polar surface area (TPSA) is 9.23 Å². The van der Waals surface area contributed by atoms with E-state index in [1.165, 1.54) is 115 Å². The summed E-state index contributed by atoms with van der Waals surface area (Å²) in [5.41, 5.74) is 0.226. The minimum atomic E-state index is -1.51. The summed E-state index contributed by atoms with van der Waals surface area (Å²) >= 11 is 0. The lowest BCUT2D eigenvalue weighted by Crippen LogP contribution is -2.65. The van der Waals surface area contributed by atoms with Gasteiger partial charge in [0.25, 0.3) is 0 Å².